The molecule has 1 aliphatic heterocycles. The van der Waals surface area contributed by atoms with E-state index in [-0.39, 0.29) is 0 Å². The van der Waals surface area contributed by atoms with Crippen molar-refractivity contribution in [2.75, 3.05) is 13.1 Å². The molecule has 0 spiro atoms. The zero-order chi connectivity index (χ0) is 19.3. The van der Waals surface area contributed by atoms with E-state index in [0.29, 0.717) is 11.3 Å². The molecule has 3 aromatic rings. The summed E-state index contributed by atoms with van der Waals surface area (Å²) in [5.74, 6) is -1.94. The van der Waals surface area contributed by atoms with Crippen LogP contribution in [0.4, 0.5) is 0 Å². The van der Waals surface area contributed by atoms with Crippen LogP contribution in [0.25, 0.3) is 22.2 Å². The lowest BCUT2D eigenvalue weighted by atomic mass is 10.0. The van der Waals surface area contributed by atoms with Gasteiger partial charge in [-0.2, -0.15) is 0 Å². The van der Waals surface area contributed by atoms with Gasteiger partial charge in [-0.25, -0.2) is 4.79 Å². The molecule has 0 unspecified atom stereocenters. The fraction of sp³-hybridized carbons (Fsp3) is 0.300. The predicted molar refractivity (Wildman–Crippen MR) is 102 cm³/mol. The van der Waals surface area contributed by atoms with Crippen LogP contribution in [0.1, 0.15) is 28.0 Å². The van der Waals surface area contributed by atoms with Crippen molar-refractivity contribution in [3.63, 3.8) is 0 Å². The van der Waals surface area contributed by atoms with Crippen LogP contribution in [-0.2, 0) is 13.6 Å². The van der Waals surface area contributed by atoms with Crippen LogP contribution in [-0.4, -0.2) is 43.7 Å². The number of pyridine rings is 1. The Balaban J connectivity index is 1.80. The fourth-order valence-electron chi connectivity index (χ4n) is 3.65. The minimum Gasteiger partial charge on any atom is -0.506 e. The van der Waals surface area contributed by atoms with Gasteiger partial charge in [0.1, 0.15) is 5.75 Å². The first-order valence-electron chi connectivity index (χ1n) is 8.87. The van der Waals surface area contributed by atoms with Crippen LogP contribution in [0.15, 0.2) is 29.1 Å². The third kappa shape index (κ3) is 2.80. The Bertz CT molecular complexity index is 1120. The number of benzene rings is 1. The Morgan fingerprint density at radius 2 is 2.00 bits per heavy atom. The van der Waals surface area contributed by atoms with Crippen LogP contribution in [0.2, 0.25) is 0 Å². The Labute approximate surface area is 155 Å². The molecule has 140 valence electrons. The van der Waals surface area contributed by atoms with Crippen LogP contribution < -0.4 is 5.56 Å². The highest BCUT2D eigenvalue weighted by molar-refractivity contribution is 5.92. The number of carboxylic acids is 1. The van der Waals surface area contributed by atoms with Crippen molar-refractivity contribution in [2.24, 2.45) is 7.05 Å². The zero-order valence-electron chi connectivity index (χ0n) is 15.2. The Kier molecular flexibility index (Phi) is 4.04. The van der Waals surface area contributed by atoms with Gasteiger partial charge in [0.25, 0.3) is 5.56 Å². The van der Waals surface area contributed by atoms with Gasteiger partial charge in [-0.15, -0.1) is 0 Å². The number of rotatable bonds is 4. The molecule has 1 saturated heterocycles. The van der Waals surface area contributed by atoms with Gasteiger partial charge in [-0.1, -0.05) is 6.07 Å². The summed E-state index contributed by atoms with van der Waals surface area (Å²) in [6, 6.07) is 7.93. The summed E-state index contributed by atoms with van der Waals surface area (Å²) >= 11 is 0. The van der Waals surface area contributed by atoms with Crippen molar-refractivity contribution in [1.82, 2.24) is 14.5 Å². The number of carboxylic acid groups (broad SMARTS) is 1. The predicted octanol–water partition coefficient (Wildman–Crippen LogP) is 2.45. The molecular weight excluding hydrogens is 346 g/mol. The molecule has 1 aromatic carbocycles. The van der Waals surface area contributed by atoms with Gasteiger partial charge in [0, 0.05) is 35.8 Å². The fourth-order valence-corrected chi connectivity index (χ4v) is 3.65. The van der Waals surface area contributed by atoms with Gasteiger partial charge < -0.3 is 19.8 Å². The van der Waals surface area contributed by atoms with Gasteiger partial charge in [0.15, 0.2) is 5.56 Å². The highest BCUT2D eigenvalue weighted by Gasteiger charge is 2.21. The molecule has 7 nitrogen and oxygen atoms in total. The van der Waals surface area contributed by atoms with Crippen LogP contribution >= 0.6 is 0 Å². The largest absolute Gasteiger partial charge is 0.506 e. The first kappa shape index (κ1) is 17.4. The molecule has 3 heterocycles. The summed E-state index contributed by atoms with van der Waals surface area (Å²) in [5.41, 5.74) is 2.35. The van der Waals surface area contributed by atoms with E-state index in [1.165, 1.54) is 12.1 Å². The molecule has 0 radical (unpaired) electrons. The van der Waals surface area contributed by atoms with Crippen molar-refractivity contribution in [1.29, 1.82) is 0 Å². The number of aromatic carboxylic acids is 1. The third-order valence-corrected chi connectivity index (χ3v) is 5.41. The minimum atomic E-state index is -1.45. The molecule has 3 N–H and O–H groups in total. The van der Waals surface area contributed by atoms with E-state index < -0.39 is 22.8 Å². The molecular formula is C20H21N3O4. The summed E-state index contributed by atoms with van der Waals surface area (Å²) in [6.07, 6.45) is 1.25. The summed E-state index contributed by atoms with van der Waals surface area (Å²) in [7, 11) is 2.04. The number of hydrogen-bond donors (Lipinski definition) is 3. The lowest BCUT2D eigenvalue weighted by Crippen LogP contribution is -2.36. The first-order chi connectivity index (χ1) is 12.9. The number of likely N-dealkylation sites (tertiary alicyclic amines) is 1. The average Bonchev–Trinajstić information content (AvgIpc) is 2.89. The Hall–Kier alpha value is -3.06. The Morgan fingerprint density at radius 1 is 1.26 bits per heavy atom. The number of nitrogens with zero attached hydrogens (tertiary/aromatic N) is 2. The monoisotopic (exact) mass is 367 g/mol. The lowest BCUT2D eigenvalue weighted by Gasteiger charge is -2.30. The number of aromatic nitrogens is 2. The standard InChI is InChI=1S/C20H21N3O4/c1-11-17(21-19(25)16(18(11)24)20(26)27)12-4-5-15-13(8-12)9-14(22(15)2)10-23-6-3-7-23/h4-5,8-9H,3,6-7,10H2,1-2H3,(H,26,27)(H2,21,24,25). The van der Waals surface area contributed by atoms with Gasteiger partial charge in [0.2, 0.25) is 0 Å². The molecule has 0 atom stereocenters. The van der Waals surface area contributed by atoms with Crippen LogP contribution in [0.5, 0.6) is 5.75 Å². The number of aryl methyl sites for hydroxylation is 1. The van der Waals surface area contributed by atoms with E-state index in [1.54, 1.807) is 6.92 Å². The summed E-state index contributed by atoms with van der Waals surface area (Å²) in [6.45, 7) is 4.76. The first-order valence-corrected chi connectivity index (χ1v) is 8.87. The van der Waals surface area contributed by atoms with Crippen molar-refractivity contribution < 1.29 is 15.0 Å². The number of hydrogen-bond acceptors (Lipinski definition) is 4. The lowest BCUT2D eigenvalue weighted by molar-refractivity contribution is 0.0691. The minimum absolute atomic E-state index is 0.336. The maximum atomic E-state index is 12.1. The smallest absolute Gasteiger partial charge is 0.345 e. The second-order valence-corrected chi connectivity index (χ2v) is 7.08. The van der Waals surface area contributed by atoms with E-state index in [2.05, 4.69) is 20.5 Å². The highest BCUT2D eigenvalue weighted by atomic mass is 16.4. The SMILES string of the molecule is Cc1c(-c2ccc3c(c2)cc(CN2CCC2)n3C)[nH]c(=O)c(C(=O)O)c1O. The van der Waals surface area contributed by atoms with Gasteiger partial charge >= 0.3 is 5.97 Å². The highest BCUT2D eigenvalue weighted by Crippen LogP contribution is 2.31. The quantitative estimate of drug-likeness (QED) is 0.658. The van der Waals surface area contributed by atoms with Crippen LogP contribution in [0.3, 0.4) is 0 Å². The third-order valence-electron chi connectivity index (χ3n) is 5.41. The molecule has 4 rings (SSSR count). The van der Waals surface area contributed by atoms with E-state index >= 15 is 0 Å². The summed E-state index contributed by atoms with van der Waals surface area (Å²) in [5, 5.41) is 20.3. The van der Waals surface area contributed by atoms with E-state index in [1.807, 2.05) is 25.2 Å². The summed E-state index contributed by atoms with van der Waals surface area (Å²) < 4.78 is 2.16. The maximum Gasteiger partial charge on any atom is 0.345 e. The second-order valence-electron chi connectivity index (χ2n) is 7.08. The number of nitrogens with one attached hydrogen (secondary N) is 1. The van der Waals surface area contributed by atoms with Crippen molar-refractivity contribution in [3.05, 3.63) is 51.4 Å². The number of fused-ring (bicyclic) bond motifs is 1. The number of carbonyl (C=O) groups is 1. The van der Waals surface area contributed by atoms with Gasteiger partial charge in [-0.3, -0.25) is 9.69 Å². The molecule has 1 fully saturated rings. The van der Waals surface area contributed by atoms with Crippen molar-refractivity contribution in [2.45, 2.75) is 19.9 Å². The molecule has 2 aromatic heterocycles. The topological polar surface area (TPSA) is 98.6 Å². The van der Waals surface area contributed by atoms with Crippen molar-refractivity contribution >= 4 is 16.9 Å². The van der Waals surface area contributed by atoms with Crippen LogP contribution in [0, 0.1) is 6.92 Å². The number of aromatic amines is 1. The van der Waals surface area contributed by atoms with E-state index in [0.717, 1.165) is 36.1 Å². The molecule has 0 amide bonds. The molecule has 1 aliphatic rings. The number of H-pyrrole nitrogens is 1. The maximum absolute atomic E-state index is 12.1. The molecule has 27 heavy (non-hydrogen) atoms. The number of aromatic hydroxyl groups is 1. The Morgan fingerprint density at radius 3 is 2.63 bits per heavy atom. The van der Waals surface area contributed by atoms with Crippen molar-refractivity contribution in [3.8, 4) is 17.0 Å². The van der Waals surface area contributed by atoms with Gasteiger partial charge in [0.05, 0.1) is 5.69 Å². The average molecular weight is 367 g/mol. The van der Waals surface area contributed by atoms with E-state index in [9.17, 15) is 14.7 Å². The molecule has 0 aliphatic carbocycles. The summed E-state index contributed by atoms with van der Waals surface area (Å²) in [4.78, 5) is 28.3. The molecule has 7 heteroatoms. The van der Waals surface area contributed by atoms with Gasteiger partial charge in [-0.05, 0) is 50.2 Å². The van der Waals surface area contributed by atoms with E-state index in [4.69, 9.17) is 5.11 Å². The second kappa shape index (κ2) is 6.28. The zero-order valence-corrected chi connectivity index (χ0v) is 15.2. The normalized spacial score (nSPS) is 14.4. The molecule has 0 bridgehead atoms. The molecule has 0 saturated carbocycles.